The molecule has 0 radical (unpaired) electrons. The second-order valence-electron chi connectivity index (χ2n) is 5.54. The van der Waals surface area contributed by atoms with Gasteiger partial charge in [0.2, 0.25) is 0 Å². The van der Waals surface area contributed by atoms with Crippen LogP contribution in [0.2, 0.25) is 0 Å². The largest absolute Gasteiger partial charge is 0.287 e. The molecule has 0 N–H and O–H groups in total. The van der Waals surface area contributed by atoms with Gasteiger partial charge in [0.1, 0.15) is 0 Å². The zero-order valence-electron chi connectivity index (χ0n) is 13.6. The molecule has 0 atom stereocenters. The molecule has 23 heavy (non-hydrogen) atoms. The first-order valence-corrected chi connectivity index (χ1v) is 9.25. The molecule has 1 heterocycles. The summed E-state index contributed by atoms with van der Waals surface area (Å²) in [5.74, 6) is 0.813. The molecule has 0 bridgehead atoms. The minimum absolute atomic E-state index is 0.0508. The Balaban J connectivity index is 2.25. The number of thioether (sulfide) groups is 1. The van der Waals surface area contributed by atoms with Gasteiger partial charge in [-0.05, 0) is 25.0 Å². The van der Waals surface area contributed by atoms with Crippen molar-refractivity contribution in [3.63, 3.8) is 0 Å². The van der Waals surface area contributed by atoms with Crippen molar-refractivity contribution in [3.05, 3.63) is 34.6 Å². The summed E-state index contributed by atoms with van der Waals surface area (Å²) in [6.45, 7) is 2.90. The van der Waals surface area contributed by atoms with Gasteiger partial charge < -0.3 is 0 Å². The van der Waals surface area contributed by atoms with Crippen LogP contribution >= 0.6 is 11.8 Å². The number of aromatic nitrogens is 2. The van der Waals surface area contributed by atoms with Gasteiger partial charge in [0.25, 0.3) is 5.56 Å². The van der Waals surface area contributed by atoms with E-state index in [1.54, 1.807) is 11.8 Å². The standard InChI is InChI=1S/C18H23N3OS/c1-2-3-4-8-13-21-17(22)15-10-5-6-11-16(15)20-18(21)23-14-9-7-12-19/h5-6,10-11H,2-4,7-9,13-14H2,1H3. The van der Waals surface area contributed by atoms with Crippen LogP contribution in [0.1, 0.15) is 45.4 Å². The number of fused-ring (bicyclic) bond motifs is 1. The van der Waals surface area contributed by atoms with E-state index in [0.29, 0.717) is 11.8 Å². The second-order valence-corrected chi connectivity index (χ2v) is 6.60. The van der Waals surface area contributed by atoms with Gasteiger partial charge in [0.15, 0.2) is 5.16 Å². The Hall–Kier alpha value is -1.80. The van der Waals surface area contributed by atoms with Crippen molar-refractivity contribution >= 4 is 22.7 Å². The molecule has 0 amide bonds. The molecule has 0 saturated heterocycles. The summed E-state index contributed by atoms with van der Waals surface area (Å²) < 4.78 is 1.81. The summed E-state index contributed by atoms with van der Waals surface area (Å²) in [5.41, 5.74) is 0.806. The van der Waals surface area contributed by atoms with Crippen LogP contribution in [-0.2, 0) is 6.54 Å². The maximum Gasteiger partial charge on any atom is 0.262 e. The fourth-order valence-electron chi connectivity index (χ4n) is 2.47. The summed E-state index contributed by atoms with van der Waals surface area (Å²) in [7, 11) is 0. The van der Waals surface area contributed by atoms with Crippen molar-refractivity contribution in [1.82, 2.24) is 9.55 Å². The van der Waals surface area contributed by atoms with Gasteiger partial charge in [-0.25, -0.2) is 4.98 Å². The fourth-order valence-corrected chi connectivity index (χ4v) is 3.43. The van der Waals surface area contributed by atoms with E-state index >= 15 is 0 Å². The highest BCUT2D eigenvalue weighted by Gasteiger charge is 2.11. The first-order chi connectivity index (χ1) is 11.3. The molecule has 4 nitrogen and oxygen atoms in total. The van der Waals surface area contributed by atoms with Crippen molar-refractivity contribution < 1.29 is 0 Å². The lowest BCUT2D eigenvalue weighted by molar-refractivity contribution is 0.531. The molecule has 2 aromatic rings. The van der Waals surface area contributed by atoms with Gasteiger partial charge in [-0.2, -0.15) is 5.26 Å². The molecule has 122 valence electrons. The smallest absolute Gasteiger partial charge is 0.262 e. The lowest BCUT2D eigenvalue weighted by Crippen LogP contribution is -2.23. The van der Waals surface area contributed by atoms with Crippen LogP contribution in [0, 0.1) is 11.3 Å². The highest BCUT2D eigenvalue weighted by atomic mass is 32.2. The van der Waals surface area contributed by atoms with Gasteiger partial charge in [-0.1, -0.05) is 50.1 Å². The minimum Gasteiger partial charge on any atom is -0.287 e. The van der Waals surface area contributed by atoms with Gasteiger partial charge in [-0.3, -0.25) is 9.36 Å². The van der Waals surface area contributed by atoms with Crippen molar-refractivity contribution in [2.24, 2.45) is 0 Å². The zero-order chi connectivity index (χ0) is 16.5. The Morgan fingerprint density at radius 1 is 1.22 bits per heavy atom. The third-order valence-electron chi connectivity index (χ3n) is 3.73. The van der Waals surface area contributed by atoms with Crippen molar-refractivity contribution in [1.29, 1.82) is 5.26 Å². The Morgan fingerprint density at radius 3 is 2.83 bits per heavy atom. The lowest BCUT2D eigenvalue weighted by atomic mass is 10.2. The molecule has 0 aliphatic rings. The van der Waals surface area contributed by atoms with Crippen LogP contribution in [0.25, 0.3) is 10.9 Å². The molecule has 1 aromatic carbocycles. The van der Waals surface area contributed by atoms with Crippen LogP contribution in [0.5, 0.6) is 0 Å². The van der Waals surface area contributed by atoms with Crippen LogP contribution in [0.4, 0.5) is 0 Å². The van der Waals surface area contributed by atoms with Crippen LogP contribution in [0.15, 0.2) is 34.2 Å². The number of unbranched alkanes of at least 4 members (excludes halogenated alkanes) is 4. The normalized spacial score (nSPS) is 10.8. The quantitative estimate of drug-likeness (QED) is 0.389. The Kier molecular flexibility index (Phi) is 7.15. The minimum atomic E-state index is 0.0508. The van der Waals surface area contributed by atoms with Gasteiger partial charge in [0, 0.05) is 18.7 Å². The number of hydrogen-bond acceptors (Lipinski definition) is 4. The van der Waals surface area contributed by atoms with Crippen molar-refractivity contribution in [2.75, 3.05) is 5.75 Å². The molecule has 0 fully saturated rings. The first kappa shape index (κ1) is 17.6. The van der Waals surface area contributed by atoms with E-state index in [-0.39, 0.29) is 5.56 Å². The summed E-state index contributed by atoms with van der Waals surface area (Å²) in [6.07, 6.45) is 5.87. The number of nitrogens with zero attached hydrogens (tertiary/aromatic N) is 3. The van der Waals surface area contributed by atoms with Crippen molar-refractivity contribution in [2.45, 2.75) is 57.1 Å². The second kappa shape index (κ2) is 9.36. The van der Waals surface area contributed by atoms with E-state index in [2.05, 4.69) is 18.0 Å². The van der Waals surface area contributed by atoms with Crippen LogP contribution in [0.3, 0.4) is 0 Å². The molecule has 0 aliphatic heterocycles. The van der Waals surface area contributed by atoms with Crippen LogP contribution < -0.4 is 5.56 Å². The summed E-state index contributed by atoms with van der Waals surface area (Å²) in [4.78, 5) is 17.4. The third-order valence-corrected chi connectivity index (χ3v) is 4.79. The molecule has 5 heteroatoms. The molecule has 0 saturated carbocycles. The maximum absolute atomic E-state index is 12.8. The number of hydrogen-bond donors (Lipinski definition) is 0. The first-order valence-electron chi connectivity index (χ1n) is 8.27. The van der Waals surface area contributed by atoms with Gasteiger partial charge in [0.05, 0.1) is 17.0 Å². The molecule has 2 rings (SSSR count). The molecule has 0 unspecified atom stereocenters. The Morgan fingerprint density at radius 2 is 2.04 bits per heavy atom. The lowest BCUT2D eigenvalue weighted by Gasteiger charge is -2.12. The fraction of sp³-hybridized carbons (Fsp3) is 0.500. The predicted molar refractivity (Wildman–Crippen MR) is 95.7 cm³/mol. The number of nitriles is 1. The third kappa shape index (κ3) is 4.84. The molecule has 0 spiro atoms. The monoisotopic (exact) mass is 329 g/mol. The van der Waals surface area contributed by atoms with Crippen LogP contribution in [-0.4, -0.2) is 15.3 Å². The van der Waals surface area contributed by atoms with E-state index < -0.39 is 0 Å². The van der Waals surface area contributed by atoms with E-state index in [0.717, 1.165) is 42.2 Å². The zero-order valence-corrected chi connectivity index (χ0v) is 14.4. The van der Waals surface area contributed by atoms with E-state index in [4.69, 9.17) is 5.26 Å². The molecular weight excluding hydrogens is 306 g/mol. The maximum atomic E-state index is 12.8. The van der Waals surface area contributed by atoms with Gasteiger partial charge in [-0.15, -0.1) is 0 Å². The molecular formula is C18H23N3OS. The Labute approximate surface area is 141 Å². The SMILES string of the molecule is CCCCCCn1c(SCCCC#N)nc2ccccc2c1=O. The number of para-hydroxylation sites is 1. The molecule has 1 aromatic heterocycles. The summed E-state index contributed by atoms with van der Waals surface area (Å²) in [6, 6.07) is 9.68. The van der Waals surface area contributed by atoms with E-state index in [1.165, 1.54) is 12.8 Å². The summed E-state index contributed by atoms with van der Waals surface area (Å²) in [5, 5.41) is 10.1. The predicted octanol–water partition coefficient (Wildman–Crippen LogP) is 4.37. The average molecular weight is 329 g/mol. The number of benzene rings is 1. The Bertz CT molecular complexity index is 733. The molecule has 0 aliphatic carbocycles. The highest BCUT2D eigenvalue weighted by molar-refractivity contribution is 7.99. The number of rotatable bonds is 9. The summed E-state index contributed by atoms with van der Waals surface area (Å²) >= 11 is 1.58. The van der Waals surface area contributed by atoms with Crippen molar-refractivity contribution in [3.8, 4) is 6.07 Å². The highest BCUT2D eigenvalue weighted by Crippen LogP contribution is 2.19. The average Bonchev–Trinajstić information content (AvgIpc) is 2.57. The van der Waals surface area contributed by atoms with Gasteiger partial charge >= 0.3 is 0 Å². The topological polar surface area (TPSA) is 58.7 Å². The van der Waals surface area contributed by atoms with E-state index in [9.17, 15) is 4.79 Å². The van der Waals surface area contributed by atoms with E-state index in [1.807, 2.05) is 28.8 Å².